The summed E-state index contributed by atoms with van der Waals surface area (Å²) < 4.78 is 5.46. The fourth-order valence-electron chi connectivity index (χ4n) is 3.38. The second-order valence-corrected chi connectivity index (χ2v) is 8.22. The van der Waals surface area contributed by atoms with Crippen LogP contribution >= 0.6 is 0 Å². The first-order valence-electron chi connectivity index (χ1n) is 9.04. The molecule has 2 rings (SSSR count). The molecule has 128 valence electrons. The lowest BCUT2D eigenvalue weighted by Crippen LogP contribution is -2.42. The van der Waals surface area contributed by atoms with Gasteiger partial charge >= 0.3 is 6.09 Å². The van der Waals surface area contributed by atoms with Gasteiger partial charge in [0.15, 0.2) is 0 Å². The van der Waals surface area contributed by atoms with Crippen molar-refractivity contribution >= 4 is 6.09 Å². The highest BCUT2D eigenvalue weighted by molar-refractivity contribution is 5.68. The summed E-state index contributed by atoms with van der Waals surface area (Å²) in [5.41, 5.74) is -0.390. The van der Waals surface area contributed by atoms with Gasteiger partial charge in [-0.1, -0.05) is 6.92 Å². The van der Waals surface area contributed by atoms with Gasteiger partial charge < -0.3 is 14.5 Å². The quantitative estimate of drug-likeness (QED) is 0.796. The van der Waals surface area contributed by atoms with Crippen molar-refractivity contribution in [2.75, 3.05) is 32.7 Å². The standard InChI is InChI=1S/C18H34N2O2/c1-15-5-10-19(11-6-15)12-7-16-8-13-20(14-9-16)17(21)22-18(2,3)4/h15-16H,5-14H2,1-4H3. The highest BCUT2D eigenvalue weighted by Gasteiger charge is 2.27. The Labute approximate surface area is 136 Å². The van der Waals surface area contributed by atoms with E-state index in [-0.39, 0.29) is 11.7 Å². The molecule has 0 aliphatic carbocycles. The van der Waals surface area contributed by atoms with Crippen LogP contribution in [-0.4, -0.2) is 54.2 Å². The molecule has 0 aromatic rings. The Balaban J connectivity index is 1.64. The molecule has 22 heavy (non-hydrogen) atoms. The molecule has 0 radical (unpaired) electrons. The van der Waals surface area contributed by atoms with Gasteiger partial charge in [-0.2, -0.15) is 0 Å². The Hall–Kier alpha value is -0.770. The van der Waals surface area contributed by atoms with Gasteiger partial charge in [0.05, 0.1) is 0 Å². The molecule has 2 heterocycles. The van der Waals surface area contributed by atoms with Crippen molar-refractivity contribution in [1.82, 2.24) is 9.80 Å². The topological polar surface area (TPSA) is 32.8 Å². The number of likely N-dealkylation sites (tertiary alicyclic amines) is 2. The van der Waals surface area contributed by atoms with Gasteiger partial charge in [-0.05, 0) is 84.3 Å². The average molecular weight is 310 g/mol. The lowest BCUT2D eigenvalue weighted by Gasteiger charge is -2.35. The van der Waals surface area contributed by atoms with Crippen molar-refractivity contribution < 1.29 is 9.53 Å². The Morgan fingerprint density at radius 1 is 1.05 bits per heavy atom. The largest absolute Gasteiger partial charge is 0.444 e. The molecule has 2 aliphatic rings. The summed E-state index contributed by atoms with van der Waals surface area (Å²) in [5, 5.41) is 0. The Morgan fingerprint density at radius 2 is 1.64 bits per heavy atom. The van der Waals surface area contributed by atoms with E-state index in [1.165, 1.54) is 38.9 Å². The van der Waals surface area contributed by atoms with Crippen LogP contribution in [0.15, 0.2) is 0 Å². The fraction of sp³-hybridized carbons (Fsp3) is 0.944. The van der Waals surface area contributed by atoms with Crippen LogP contribution in [0.5, 0.6) is 0 Å². The van der Waals surface area contributed by atoms with Gasteiger partial charge in [-0.15, -0.1) is 0 Å². The maximum atomic E-state index is 12.1. The lowest BCUT2D eigenvalue weighted by atomic mass is 9.92. The van der Waals surface area contributed by atoms with Crippen molar-refractivity contribution in [2.45, 2.75) is 65.4 Å². The normalized spacial score (nSPS) is 22.8. The third-order valence-corrected chi connectivity index (χ3v) is 5.00. The van der Waals surface area contributed by atoms with E-state index >= 15 is 0 Å². The zero-order valence-corrected chi connectivity index (χ0v) is 14.9. The molecule has 1 amide bonds. The summed E-state index contributed by atoms with van der Waals surface area (Å²) in [4.78, 5) is 16.6. The van der Waals surface area contributed by atoms with E-state index < -0.39 is 0 Å². The van der Waals surface area contributed by atoms with Gasteiger partial charge in [0.25, 0.3) is 0 Å². The first kappa shape index (κ1) is 17.6. The van der Waals surface area contributed by atoms with E-state index in [4.69, 9.17) is 4.74 Å². The predicted octanol–water partition coefficient (Wildman–Crippen LogP) is 3.76. The van der Waals surface area contributed by atoms with E-state index in [1.807, 2.05) is 25.7 Å². The number of hydrogen-bond acceptors (Lipinski definition) is 3. The molecule has 0 unspecified atom stereocenters. The van der Waals surface area contributed by atoms with Crippen molar-refractivity contribution in [3.05, 3.63) is 0 Å². The SMILES string of the molecule is CC1CCN(CCC2CCN(C(=O)OC(C)(C)C)CC2)CC1. The number of rotatable bonds is 3. The number of amides is 1. The van der Waals surface area contributed by atoms with E-state index in [2.05, 4.69) is 11.8 Å². The highest BCUT2D eigenvalue weighted by atomic mass is 16.6. The first-order chi connectivity index (χ1) is 10.3. The summed E-state index contributed by atoms with van der Waals surface area (Å²) in [7, 11) is 0. The molecule has 0 atom stereocenters. The van der Waals surface area contributed by atoms with Crippen LogP contribution in [-0.2, 0) is 4.74 Å². The van der Waals surface area contributed by atoms with Crippen LogP contribution in [0.25, 0.3) is 0 Å². The second-order valence-electron chi connectivity index (χ2n) is 8.22. The Bertz CT molecular complexity index is 349. The molecule has 0 saturated carbocycles. The third kappa shape index (κ3) is 5.79. The zero-order chi connectivity index (χ0) is 16.2. The van der Waals surface area contributed by atoms with E-state index in [1.54, 1.807) is 0 Å². The smallest absolute Gasteiger partial charge is 0.410 e. The molecule has 0 aromatic carbocycles. The summed E-state index contributed by atoms with van der Waals surface area (Å²) in [5.74, 6) is 1.69. The molecular formula is C18H34N2O2. The first-order valence-corrected chi connectivity index (χ1v) is 9.04. The van der Waals surface area contributed by atoms with Crippen molar-refractivity contribution in [1.29, 1.82) is 0 Å². The summed E-state index contributed by atoms with van der Waals surface area (Å²) in [6.07, 6.45) is 6.12. The molecule has 0 spiro atoms. The number of nitrogens with zero attached hydrogens (tertiary/aromatic N) is 2. The van der Waals surface area contributed by atoms with E-state index in [0.717, 1.165) is 37.8 Å². The molecule has 0 bridgehead atoms. The molecule has 4 nitrogen and oxygen atoms in total. The van der Waals surface area contributed by atoms with Crippen LogP contribution in [0.3, 0.4) is 0 Å². The predicted molar refractivity (Wildman–Crippen MR) is 90.0 cm³/mol. The number of ether oxygens (including phenoxy) is 1. The molecular weight excluding hydrogens is 276 g/mol. The fourth-order valence-corrected chi connectivity index (χ4v) is 3.38. The summed E-state index contributed by atoms with van der Waals surface area (Å²) >= 11 is 0. The minimum atomic E-state index is -0.390. The van der Waals surface area contributed by atoms with E-state index in [9.17, 15) is 4.79 Å². The van der Waals surface area contributed by atoms with Crippen LogP contribution in [0, 0.1) is 11.8 Å². The Morgan fingerprint density at radius 3 is 2.18 bits per heavy atom. The third-order valence-electron chi connectivity index (χ3n) is 5.00. The van der Waals surface area contributed by atoms with Crippen molar-refractivity contribution in [3.63, 3.8) is 0 Å². The lowest BCUT2D eigenvalue weighted by molar-refractivity contribution is 0.0176. The number of hydrogen-bond donors (Lipinski definition) is 0. The van der Waals surface area contributed by atoms with E-state index in [0.29, 0.717) is 0 Å². The zero-order valence-electron chi connectivity index (χ0n) is 14.9. The van der Waals surface area contributed by atoms with Crippen molar-refractivity contribution in [2.24, 2.45) is 11.8 Å². The minimum Gasteiger partial charge on any atom is -0.444 e. The minimum absolute atomic E-state index is 0.143. The van der Waals surface area contributed by atoms with Crippen LogP contribution in [0.4, 0.5) is 4.79 Å². The number of carbonyl (C=O) groups is 1. The molecule has 0 N–H and O–H groups in total. The molecule has 0 aromatic heterocycles. The number of piperidine rings is 2. The van der Waals surface area contributed by atoms with Crippen LogP contribution in [0.1, 0.15) is 59.8 Å². The molecule has 2 saturated heterocycles. The van der Waals surface area contributed by atoms with Gasteiger partial charge in [0.1, 0.15) is 5.60 Å². The maximum absolute atomic E-state index is 12.1. The molecule has 2 fully saturated rings. The highest BCUT2D eigenvalue weighted by Crippen LogP contribution is 2.24. The van der Waals surface area contributed by atoms with Crippen molar-refractivity contribution in [3.8, 4) is 0 Å². The summed E-state index contributed by atoms with van der Waals surface area (Å²) in [6.45, 7) is 13.7. The number of carbonyl (C=O) groups excluding carboxylic acids is 1. The van der Waals surface area contributed by atoms with Gasteiger partial charge in [0.2, 0.25) is 0 Å². The summed E-state index contributed by atoms with van der Waals surface area (Å²) in [6, 6.07) is 0. The maximum Gasteiger partial charge on any atom is 0.410 e. The van der Waals surface area contributed by atoms with Gasteiger partial charge in [-0.25, -0.2) is 4.79 Å². The average Bonchev–Trinajstić information content (AvgIpc) is 2.45. The molecule has 4 heteroatoms. The Kier molecular flexibility index (Phi) is 6.13. The van der Waals surface area contributed by atoms with Crippen LogP contribution < -0.4 is 0 Å². The monoisotopic (exact) mass is 310 g/mol. The van der Waals surface area contributed by atoms with Crippen LogP contribution in [0.2, 0.25) is 0 Å². The second kappa shape index (κ2) is 7.67. The van der Waals surface area contributed by atoms with Gasteiger partial charge in [-0.3, -0.25) is 0 Å². The molecule has 2 aliphatic heterocycles. The van der Waals surface area contributed by atoms with Gasteiger partial charge in [0, 0.05) is 13.1 Å².